The Morgan fingerprint density at radius 3 is 2.53 bits per heavy atom. The number of carbonyl (C=O) groups excluding carboxylic acids is 1. The first-order chi connectivity index (χ1) is 15.6. The lowest BCUT2D eigenvalue weighted by atomic mass is 9.93. The maximum atomic E-state index is 13.4. The molecule has 0 aromatic heterocycles. The highest BCUT2D eigenvalue weighted by molar-refractivity contribution is 6.02. The number of nitrogens with one attached hydrogen (secondary N) is 1. The molecule has 1 atom stereocenters. The highest BCUT2D eigenvalue weighted by Crippen LogP contribution is 2.38. The molecule has 0 aliphatic carbocycles. The minimum Gasteiger partial charge on any atom is -0.493 e. The van der Waals surface area contributed by atoms with Crippen LogP contribution in [0.2, 0.25) is 0 Å². The number of carbonyl (C=O) groups is 1. The van der Waals surface area contributed by atoms with E-state index in [1.54, 1.807) is 7.11 Å². The Balaban J connectivity index is 1.57. The van der Waals surface area contributed by atoms with E-state index in [0.717, 1.165) is 29.8 Å². The molecule has 0 bridgehead atoms. The zero-order valence-electron chi connectivity index (χ0n) is 18.7. The van der Waals surface area contributed by atoms with Crippen LogP contribution in [0.1, 0.15) is 34.8 Å². The third kappa shape index (κ3) is 4.63. The average Bonchev–Trinajstić information content (AvgIpc) is 2.82. The standard InChI is InChI=1S/C27H30N2O3/c1-27(22-12-8-13-23(20-22)32-19-16-21-10-4-3-5-11-21)28-25-15-7-6-14-24(25)26(30)29(27)17-9-18-31-2/h3-8,10-15,20,28H,9,16-19H2,1-2H3. The van der Waals surface area contributed by atoms with Crippen molar-refractivity contribution in [1.82, 2.24) is 4.90 Å². The molecule has 166 valence electrons. The predicted octanol–water partition coefficient (Wildman–Crippen LogP) is 5.09. The average molecular weight is 431 g/mol. The maximum absolute atomic E-state index is 13.4. The molecule has 4 rings (SSSR count). The van der Waals surface area contributed by atoms with E-state index in [2.05, 4.69) is 24.4 Å². The summed E-state index contributed by atoms with van der Waals surface area (Å²) in [7, 11) is 1.68. The minimum atomic E-state index is -0.696. The van der Waals surface area contributed by atoms with Gasteiger partial charge in [0.05, 0.1) is 12.2 Å². The number of methoxy groups -OCH3 is 1. The Morgan fingerprint density at radius 2 is 1.72 bits per heavy atom. The lowest BCUT2D eigenvalue weighted by molar-refractivity contribution is 0.0504. The van der Waals surface area contributed by atoms with E-state index in [1.165, 1.54) is 5.56 Å². The molecule has 0 spiro atoms. The molecule has 1 unspecified atom stereocenters. The smallest absolute Gasteiger partial charge is 0.258 e. The van der Waals surface area contributed by atoms with E-state index in [1.807, 2.05) is 71.6 Å². The van der Waals surface area contributed by atoms with Crippen LogP contribution in [0, 0.1) is 0 Å². The highest BCUT2D eigenvalue weighted by Gasteiger charge is 2.42. The van der Waals surface area contributed by atoms with Crippen molar-refractivity contribution in [2.75, 3.05) is 32.2 Å². The second-order valence-electron chi connectivity index (χ2n) is 8.16. The minimum absolute atomic E-state index is 0.0216. The van der Waals surface area contributed by atoms with Crippen LogP contribution in [-0.4, -0.2) is 37.7 Å². The molecule has 1 heterocycles. The lowest BCUT2D eigenvalue weighted by Crippen LogP contribution is -2.56. The molecule has 1 aliphatic heterocycles. The Bertz CT molecular complexity index is 1050. The van der Waals surface area contributed by atoms with E-state index in [0.29, 0.717) is 25.3 Å². The third-order valence-corrected chi connectivity index (χ3v) is 5.95. The van der Waals surface area contributed by atoms with Crippen molar-refractivity contribution in [3.63, 3.8) is 0 Å². The van der Waals surface area contributed by atoms with Crippen LogP contribution >= 0.6 is 0 Å². The highest BCUT2D eigenvalue weighted by atomic mass is 16.5. The number of para-hydroxylation sites is 1. The van der Waals surface area contributed by atoms with Gasteiger partial charge < -0.3 is 19.7 Å². The summed E-state index contributed by atoms with van der Waals surface area (Å²) in [6, 6.07) is 26.0. The number of nitrogens with zero attached hydrogens (tertiary/aromatic N) is 1. The normalized spacial score (nSPS) is 17.6. The molecule has 1 N–H and O–H groups in total. The first-order valence-electron chi connectivity index (χ1n) is 11.1. The third-order valence-electron chi connectivity index (χ3n) is 5.95. The zero-order chi connectivity index (χ0) is 22.4. The molecule has 0 radical (unpaired) electrons. The van der Waals surface area contributed by atoms with Gasteiger partial charge in [-0.2, -0.15) is 0 Å². The van der Waals surface area contributed by atoms with Crippen LogP contribution in [0.3, 0.4) is 0 Å². The van der Waals surface area contributed by atoms with Crippen LogP contribution in [0.25, 0.3) is 0 Å². The van der Waals surface area contributed by atoms with Crippen molar-refractivity contribution in [1.29, 1.82) is 0 Å². The molecule has 32 heavy (non-hydrogen) atoms. The van der Waals surface area contributed by atoms with E-state index in [-0.39, 0.29) is 5.91 Å². The number of ether oxygens (including phenoxy) is 2. The van der Waals surface area contributed by atoms with E-state index < -0.39 is 5.66 Å². The van der Waals surface area contributed by atoms with Crippen molar-refractivity contribution >= 4 is 11.6 Å². The zero-order valence-corrected chi connectivity index (χ0v) is 18.7. The van der Waals surface area contributed by atoms with Crippen LogP contribution in [0.15, 0.2) is 78.9 Å². The van der Waals surface area contributed by atoms with Crippen LogP contribution in [0.5, 0.6) is 5.75 Å². The summed E-state index contributed by atoms with van der Waals surface area (Å²) in [6.07, 6.45) is 1.60. The summed E-state index contributed by atoms with van der Waals surface area (Å²) in [6.45, 7) is 3.83. The number of hydrogen-bond acceptors (Lipinski definition) is 4. The number of anilines is 1. The van der Waals surface area contributed by atoms with Crippen LogP contribution in [-0.2, 0) is 16.8 Å². The number of hydrogen-bond donors (Lipinski definition) is 1. The summed E-state index contributed by atoms with van der Waals surface area (Å²) in [5.74, 6) is 0.818. The van der Waals surface area contributed by atoms with Crippen molar-refractivity contribution in [3.8, 4) is 5.75 Å². The molecule has 3 aromatic carbocycles. The monoisotopic (exact) mass is 430 g/mol. The molecule has 1 aliphatic rings. The van der Waals surface area contributed by atoms with Gasteiger partial charge in [0, 0.05) is 37.9 Å². The number of amides is 1. The molecule has 1 amide bonds. The van der Waals surface area contributed by atoms with Crippen molar-refractivity contribution in [2.45, 2.75) is 25.4 Å². The number of fused-ring (bicyclic) bond motifs is 1. The summed E-state index contributed by atoms with van der Waals surface area (Å²) in [5.41, 5.74) is 3.07. The molecular weight excluding hydrogens is 400 g/mol. The largest absolute Gasteiger partial charge is 0.493 e. The Hall–Kier alpha value is -3.31. The fraction of sp³-hybridized carbons (Fsp3) is 0.296. The van der Waals surface area contributed by atoms with Gasteiger partial charge in [-0.3, -0.25) is 4.79 Å². The first kappa shape index (κ1) is 21.9. The summed E-state index contributed by atoms with van der Waals surface area (Å²) >= 11 is 0. The Kier molecular flexibility index (Phi) is 6.76. The van der Waals surface area contributed by atoms with Gasteiger partial charge in [0.1, 0.15) is 11.4 Å². The van der Waals surface area contributed by atoms with Gasteiger partial charge in [0.25, 0.3) is 5.91 Å². The first-order valence-corrected chi connectivity index (χ1v) is 11.1. The topological polar surface area (TPSA) is 50.8 Å². The van der Waals surface area contributed by atoms with Gasteiger partial charge in [-0.15, -0.1) is 0 Å². The van der Waals surface area contributed by atoms with Crippen molar-refractivity contribution in [2.24, 2.45) is 0 Å². The molecule has 5 heteroatoms. The summed E-state index contributed by atoms with van der Waals surface area (Å²) < 4.78 is 11.3. The van der Waals surface area contributed by atoms with Gasteiger partial charge in [0.15, 0.2) is 0 Å². The Morgan fingerprint density at radius 1 is 0.938 bits per heavy atom. The second-order valence-corrected chi connectivity index (χ2v) is 8.16. The molecule has 0 saturated carbocycles. The molecule has 0 fully saturated rings. The van der Waals surface area contributed by atoms with Gasteiger partial charge in [-0.05, 0) is 43.2 Å². The van der Waals surface area contributed by atoms with E-state index in [4.69, 9.17) is 9.47 Å². The van der Waals surface area contributed by atoms with Gasteiger partial charge in [0.2, 0.25) is 0 Å². The fourth-order valence-electron chi connectivity index (χ4n) is 4.20. The number of rotatable bonds is 9. The molecule has 3 aromatic rings. The quantitative estimate of drug-likeness (QED) is 0.481. The predicted molar refractivity (Wildman–Crippen MR) is 127 cm³/mol. The van der Waals surface area contributed by atoms with Crippen LogP contribution in [0.4, 0.5) is 5.69 Å². The van der Waals surface area contributed by atoms with Crippen LogP contribution < -0.4 is 10.1 Å². The van der Waals surface area contributed by atoms with Gasteiger partial charge >= 0.3 is 0 Å². The van der Waals surface area contributed by atoms with Crippen molar-refractivity contribution < 1.29 is 14.3 Å². The summed E-state index contributed by atoms with van der Waals surface area (Å²) in [5, 5.41) is 3.61. The lowest BCUT2D eigenvalue weighted by Gasteiger charge is -2.47. The van der Waals surface area contributed by atoms with E-state index >= 15 is 0 Å². The van der Waals surface area contributed by atoms with E-state index in [9.17, 15) is 4.79 Å². The molecule has 5 nitrogen and oxygen atoms in total. The summed E-state index contributed by atoms with van der Waals surface area (Å²) in [4.78, 5) is 15.3. The second kappa shape index (κ2) is 9.88. The fourth-order valence-corrected chi connectivity index (χ4v) is 4.20. The van der Waals surface area contributed by atoms with Crippen molar-refractivity contribution in [3.05, 3.63) is 95.6 Å². The Labute approximate surface area is 190 Å². The number of benzene rings is 3. The molecule has 0 saturated heterocycles. The van der Waals surface area contributed by atoms with Gasteiger partial charge in [-0.1, -0.05) is 54.6 Å². The SMILES string of the molecule is COCCCN1C(=O)c2ccccc2NC1(C)c1cccc(OCCc2ccccc2)c1. The van der Waals surface area contributed by atoms with Gasteiger partial charge in [-0.25, -0.2) is 0 Å². The molecular formula is C27H30N2O3. The maximum Gasteiger partial charge on any atom is 0.258 e.